The van der Waals surface area contributed by atoms with Crippen molar-refractivity contribution in [2.45, 2.75) is 52.6 Å². The average Bonchev–Trinajstić information content (AvgIpc) is 3.26. The largest absolute Gasteiger partial charge is 0.382 e. The molecule has 1 fully saturated rings. The van der Waals surface area contributed by atoms with Gasteiger partial charge in [-0.1, -0.05) is 6.92 Å². The molecule has 0 spiro atoms. The van der Waals surface area contributed by atoms with Crippen molar-refractivity contribution in [3.8, 4) is 0 Å². The van der Waals surface area contributed by atoms with Crippen molar-refractivity contribution in [1.82, 2.24) is 30.3 Å². The highest BCUT2D eigenvalue weighted by atomic mass is 16.5. The Morgan fingerprint density at radius 3 is 2.85 bits per heavy atom. The van der Waals surface area contributed by atoms with Crippen LogP contribution in [0.25, 0.3) is 0 Å². The molecule has 0 saturated carbocycles. The van der Waals surface area contributed by atoms with E-state index in [1.807, 2.05) is 37.3 Å². The Morgan fingerprint density at radius 1 is 1.37 bits per heavy atom. The number of nitrogens with one attached hydrogen (secondary N) is 2. The minimum atomic E-state index is 0.206. The van der Waals surface area contributed by atoms with Crippen LogP contribution in [0.15, 0.2) is 4.99 Å². The molecule has 0 aromatic carbocycles. The number of rotatable bonds is 9. The highest BCUT2D eigenvalue weighted by Gasteiger charge is 2.25. The first kappa shape index (κ1) is 21.1. The lowest BCUT2D eigenvalue weighted by Crippen LogP contribution is -2.45. The summed E-state index contributed by atoms with van der Waals surface area (Å²) in [6.07, 6.45) is 2.38. The normalized spacial score (nSPS) is 17.4. The molecule has 1 aliphatic heterocycles. The second kappa shape index (κ2) is 10.9. The SMILES string of the molecule is CCOCCCNC(=NCc1nnc(C)n1C)NC1CCN(C(=O)CC)C1. The number of aryl methyl sites for hydroxylation is 1. The van der Waals surface area contributed by atoms with Crippen molar-refractivity contribution in [3.05, 3.63) is 11.6 Å². The zero-order valence-corrected chi connectivity index (χ0v) is 17.0. The van der Waals surface area contributed by atoms with E-state index in [4.69, 9.17) is 4.74 Å². The first-order valence-electron chi connectivity index (χ1n) is 9.80. The molecule has 152 valence electrons. The quantitative estimate of drug-likeness (QED) is 0.370. The number of likely N-dealkylation sites (tertiary alicyclic amines) is 1. The summed E-state index contributed by atoms with van der Waals surface area (Å²) in [5.41, 5.74) is 0. The standard InChI is InChI=1S/C18H33N7O2/c1-5-17(26)25-10-8-15(13-25)21-18(19-9-7-11-27-6-2)20-12-16-23-22-14(3)24(16)4/h15H,5-13H2,1-4H3,(H2,19,20,21). The first-order chi connectivity index (χ1) is 13.0. The lowest BCUT2D eigenvalue weighted by molar-refractivity contribution is -0.129. The second-order valence-corrected chi connectivity index (χ2v) is 6.69. The zero-order chi connectivity index (χ0) is 19.6. The van der Waals surface area contributed by atoms with Crippen LogP contribution in [-0.2, 0) is 23.1 Å². The maximum Gasteiger partial charge on any atom is 0.222 e. The van der Waals surface area contributed by atoms with Crippen LogP contribution in [0.4, 0.5) is 0 Å². The third-order valence-corrected chi connectivity index (χ3v) is 4.71. The van der Waals surface area contributed by atoms with E-state index in [2.05, 4.69) is 25.8 Å². The molecule has 1 amide bonds. The molecule has 0 radical (unpaired) electrons. The number of guanidine groups is 1. The Hall–Kier alpha value is -2.16. The predicted octanol–water partition coefficient (Wildman–Crippen LogP) is 0.596. The van der Waals surface area contributed by atoms with Crippen LogP contribution in [0.1, 0.15) is 44.8 Å². The summed E-state index contributed by atoms with van der Waals surface area (Å²) < 4.78 is 7.32. The molecule has 2 rings (SSSR count). The molecule has 2 N–H and O–H groups in total. The lowest BCUT2D eigenvalue weighted by Gasteiger charge is -2.19. The van der Waals surface area contributed by atoms with E-state index in [1.54, 1.807) is 0 Å². The molecular formula is C18H33N7O2. The van der Waals surface area contributed by atoms with E-state index < -0.39 is 0 Å². The highest BCUT2D eigenvalue weighted by molar-refractivity contribution is 5.80. The Morgan fingerprint density at radius 2 is 2.19 bits per heavy atom. The zero-order valence-electron chi connectivity index (χ0n) is 17.0. The summed E-state index contributed by atoms with van der Waals surface area (Å²) in [5, 5.41) is 15.1. The van der Waals surface area contributed by atoms with E-state index >= 15 is 0 Å². The predicted molar refractivity (Wildman–Crippen MR) is 104 cm³/mol. The number of aromatic nitrogens is 3. The van der Waals surface area contributed by atoms with E-state index in [1.165, 1.54) is 0 Å². The summed E-state index contributed by atoms with van der Waals surface area (Å²) in [5.74, 6) is 2.63. The minimum absolute atomic E-state index is 0.206. The second-order valence-electron chi connectivity index (χ2n) is 6.69. The van der Waals surface area contributed by atoms with E-state index in [-0.39, 0.29) is 11.9 Å². The molecule has 1 aromatic heterocycles. The van der Waals surface area contributed by atoms with Crippen LogP contribution < -0.4 is 10.6 Å². The van der Waals surface area contributed by atoms with Gasteiger partial charge in [-0.2, -0.15) is 0 Å². The monoisotopic (exact) mass is 379 g/mol. The van der Waals surface area contributed by atoms with E-state index in [0.717, 1.165) is 63.3 Å². The summed E-state index contributed by atoms with van der Waals surface area (Å²) >= 11 is 0. The fraction of sp³-hybridized carbons (Fsp3) is 0.778. The van der Waals surface area contributed by atoms with Gasteiger partial charge in [-0.25, -0.2) is 4.99 Å². The molecule has 1 saturated heterocycles. The molecule has 1 unspecified atom stereocenters. The van der Waals surface area contributed by atoms with Crippen LogP contribution >= 0.6 is 0 Å². The van der Waals surface area contributed by atoms with Crippen molar-refractivity contribution in [3.63, 3.8) is 0 Å². The third kappa shape index (κ3) is 6.50. The topological polar surface area (TPSA) is 96.7 Å². The van der Waals surface area contributed by atoms with Gasteiger partial charge in [-0.05, 0) is 26.7 Å². The molecular weight excluding hydrogens is 346 g/mol. The number of hydrogen-bond acceptors (Lipinski definition) is 5. The number of carbonyl (C=O) groups excluding carboxylic acids is 1. The first-order valence-corrected chi connectivity index (χ1v) is 9.80. The van der Waals surface area contributed by atoms with Gasteiger partial charge in [0.05, 0.1) is 0 Å². The number of nitrogens with zero attached hydrogens (tertiary/aromatic N) is 5. The van der Waals surface area contributed by atoms with Gasteiger partial charge in [-0.15, -0.1) is 10.2 Å². The molecule has 1 aliphatic rings. The molecule has 9 heteroatoms. The minimum Gasteiger partial charge on any atom is -0.382 e. The Kier molecular flexibility index (Phi) is 8.50. The summed E-state index contributed by atoms with van der Waals surface area (Å²) in [7, 11) is 1.94. The highest BCUT2D eigenvalue weighted by Crippen LogP contribution is 2.10. The molecule has 2 heterocycles. The number of ether oxygens (including phenoxy) is 1. The van der Waals surface area contributed by atoms with Gasteiger partial charge < -0.3 is 24.8 Å². The van der Waals surface area contributed by atoms with Crippen molar-refractivity contribution >= 4 is 11.9 Å². The third-order valence-electron chi connectivity index (χ3n) is 4.71. The van der Waals surface area contributed by atoms with Crippen LogP contribution in [0.3, 0.4) is 0 Å². The fourth-order valence-corrected chi connectivity index (χ4v) is 2.94. The Balaban J connectivity index is 1.93. The van der Waals surface area contributed by atoms with Crippen molar-refractivity contribution in [1.29, 1.82) is 0 Å². The Bertz CT molecular complexity index is 629. The Labute approximate surface area is 161 Å². The van der Waals surface area contributed by atoms with Crippen LogP contribution in [-0.4, -0.2) is 70.4 Å². The maximum atomic E-state index is 11.9. The van der Waals surface area contributed by atoms with Gasteiger partial charge in [-0.3, -0.25) is 4.79 Å². The van der Waals surface area contributed by atoms with Gasteiger partial charge in [0.15, 0.2) is 11.8 Å². The maximum absolute atomic E-state index is 11.9. The van der Waals surface area contributed by atoms with Crippen LogP contribution in [0, 0.1) is 6.92 Å². The van der Waals surface area contributed by atoms with Gasteiger partial charge in [0.25, 0.3) is 0 Å². The molecule has 0 bridgehead atoms. The van der Waals surface area contributed by atoms with Crippen LogP contribution in [0.2, 0.25) is 0 Å². The molecule has 27 heavy (non-hydrogen) atoms. The average molecular weight is 380 g/mol. The number of amides is 1. The summed E-state index contributed by atoms with van der Waals surface area (Å²) in [6, 6.07) is 0.208. The lowest BCUT2D eigenvalue weighted by atomic mass is 10.3. The van der Waals surface area contributed by atoms with Gasteiger partial charge in [0.1, 0.15) is 12.4 Å². The van der Waals surface area contributed by atoms with Crippen LogP contribution in [0.5, 0.6) is 0 Å². The van der Waals surface area contributed by atoms with E-state index in [0.29, 0.717) is 13.0 Å². The molecule has 9 nitrogen and oxygen atoms in total. The van der Waals surface area contributed by atoms with Gasteiger partial charge >= 0.3 is 0 Å². The summed E-state index contributed by atoms with van der Waals surface area (Å²) in [6.45, 7) is 10.0. The molecule has 0 aliphatic carbocycles. The fourth-order valence-electron chi connectivity index (χ4n) is 2.94. The molecule has 1 atom stereocenters. The number of aliphatic imine (C=N–C) groups is 1. The molecule has 1 aromatic rings. The van der Waals surface area contributed by atoms with Gasteiger partial charge in [0.2, 0.25) is 5.91 Å². The van der Waals surface area contributed by atoms with Crippen molar-refractivity contribution < 1.29 is 9.53 Å². The smallest absolute Gasteiger partial charge is 0.222 e. The van der Waals surface area contributed by atoms with Crippen molar-refractivity contribution in [2.75, 3.05) is 32.8 Å². The number of hydrogen-bond donors (Lipinski definition) is 2. The van der Waals surface area contributed by atoms with Gasteiger partial charge in [0, 0.05) is 52.4 Å². The summed E-state index contributed by atoms with van der Waals surface area (Å²) in [4.78, 5) is 18.5. The number of carbonyl (C=O) groups is 1. The van der Waals surface area contributed by atoms with Crippen molar-refractivity contribution in [2.24, 2.45) is 12.0 Å². The van der Waals surface area contributed by atoms with E-state index in [9.17, 15) is 4.79 Å².